The van der Waals surface area contributed by atoms with E-state index in [-0.39, 0.29) is 12.4 Å². The van der Waals surface area contributed by atoms with Crippen molar-refractivity contribution in [3.8, 4) is 11.5 Å². The summed E-state index contributed by atoms with van der Waals surface area (Å²) >= 11 is 0. The molecular weight excluding hydrogens is 747 g/mol. The molecular formula is C49H77NO9. The number of methoxy groups -OCH3 is 1. The van der Waals surface area contributed by atoms with E-state index in [1.54, 1.807) is 24.3 Å². The fourth-order valence-electron chi connectivity index (χ4n) is 5.65. The van der Waals surface area contributed by atoms with Crippen LogP contribution in [-0.4, -0.2) is 53.8 Å². The molecule has 4 N–H and O–H groups in total. The number of hydrogen-bond acceptors (Lipinski definition) is 9. The standard InChI is InChI=1S/C46H70O6.C3H7NO3/c1-4-6-8-10-12-14-16-18-20-22-24-26-28-30-32-34-44(47)51-42-38-36-41(40-43(42)50-3)37-39-46(49)52-45(48)35-33-31-29-27-25-23-21-19-17-15-13-11-9-7-5-2;4-2(1-5)3(6)7/h12-15,18-21,36-40H,4-11,16-17,22-35H2,1-3H3;2,5H,1,4H2,(H,6,7)/b14-12-,15-13-,20-18-,21-19-,39-37?;/t;2-/m.0/s1. The van der Waals surface area contributed by atoms with Crippen LogP contribution in [0, 0.1) is 0 Å². The predicted octanol–water partition coefficient (Wildman–Crippen LogP) is 11.7. The third-order valence-corrected chi connectivity index (χ3v) is 9.21. The van der Waals surface area contributed by atoms with Gasteiger partial charge in [-0.15, -0.1) is 0 Å². The molecule has 0 bridgehead atoms. The van der Waals surface area contributed by atoms with Gasteiger partial charge >= 0.3 is 23.9 Å². The van der Waals surface area contributed by atoms with Crippen molar-refractivity contribution in [3.63, 3.8) is 0 Å². The van der Waals surface area contributed by atoms with E-state index in [1.807, 2.05) is 0 Å². The second kappa shape index (κ2) is 40.5. The molecule has 10 nitrogen and oxygen atoms in total. The third-order valence-electron chi connectivity index (χ3n) is 9.21. The normalized spacial score (nSPS) is 12.1. The number of ether oxygens (including phenoxy) is 3. The van der Waals surface area contributed by atoms with Gasteiger partial charge in [-0.05, 0) is 101 Å². The molecule has 1 atom stereocenters. The highest BCUT2D eigenvalue weighted by atomic mass is 16.6. The Bertz CT molecular complexity index is 1400. The van der Waals surface area contributed by atoms with Crippen molar-refractivity contribution in [2.45, 2.75) is 174 Å². The van der Waals surface area contributed by atoms with Crippen LogP contribution in [0.5, 0.6) is 11.5 Å². The lowest BCUT2D eigenvalue weighted by Gasteiger charge is -2.10. The van der Waals surface area contributed by atoms with Gasteiger partial charge in [0.2, 0.25) is 0 Å². The van der Waals surface area contributed by atoms with Crippen molar-refractivity contribution < 1.29 is 43.6 Å². The summed E-state index contributed by atoms with van der Waals surface area (Å²) in [5.41, 5.74) is 5.42. The largest absolute Gasteiger partial charge is 0.493 e. The molecule has 0 saturated carbocycles. The average molecular weight is 824 g/mol. The van der Waals surface area contributed by atoms with Crippen LogP contribution in [0.25, 0.3) is 6.08 Å². The summed E-state index contributed by atoms with van der Waals surface area (Å²) in [6, 6.07) is 3.92. The van der Waals surface area contributed by atoms with Crippen molar-refractivity contribution in [2.24, 2.45) is 5.73 Å². The highest BCUT2D eigenvalue weighted by Crippen LogP contribution is 2.29. The molecule has 1 aromatic rings. The van der Waals surface area contributed by atoms with Crippen molar-refractivity contribution in [3.05, 3.63) is 78.4 Å². The first-order chi connectivity index (χ1) is 28.7. The Morgan fingerprint density at radius 3 is 1.53 bits per heavy atom. The van der Waals surface area contributed by atoms with Gasteiger partial charge in [0, 0.05) is 18.9 Å². The van der Waals surface area contributed by atoms with Gasteiger partial charge in [-0.3, -0.25) is 14.4 Å². The molecule has 59 heavy (non-hydrogen) atoms. The van der Waals surface area contributed by atoms with E-state index >= 15 is 0 Å². The topological polar surface area (TPSA) is 162 Å². The van der Waals surface area contributed by atoms with Gasteiger partial charge in [-0.2, -0.15) is 0 Å². The molecule has 0 aliphatic heterocycles. The van der Waals surface area contributed by atoms with Gasteiger partial charge < -0.3 is 30.2 Å². The lowest BCUT2D eigenvalue weighted by Crippen LogP contribution is -2.33. The van der Waals surface area contributed by atoms with Crippen LogP contribution < -0.4 is 15.2 Å². The van der Waals surface area contributed by atoms with Crippen molar-refractivity contribution in [2.75, 3.05) is 13.7 Å². The van der Waals surface area contributed by atoms with E-state index in [1.165, 1.54) is 71.0 Å². The Labute approximate surface area is 356 Å². The molecule has 0 spiro atoms. The van der Waals surface area contributed by atoms with Crippen molar-refractivity contribution >= 4 is 30.0 Å². The van der Waals surface area contributed by atoms with Gasteiger partial charge in [-0.25, -0.2) is 4.79 Å². The Kier molecular flexibility index (Phi) is 37.6. The lowest BCUT2D eigenvalue weighted by atomic mass is 10.1. The number of carbonyl (C=O) groups is 4. The molecule has 332 valence electrons. The number of rotatable bonds is 34. The van der Waals surface area contributed by atoms with Gasteiger partial charge in [0.25, 0.3) is 0 Å². The Morgan fingerprint density at radius 1 is 0.627 bits per heavy atom. The highest BCUT2D eigenvalue weighted by molar-refractivity contribution is 5.94. The number of esters is 3. The number of nitrogens with two attached hydrogens (primary N) is 1. The van der Waals surface area contributed by atoms with Crippen LogP contribution in [0.4, 0.5) is 0 Å². The molecule has 0 heterocycles. The van der Waals surface area contributed by atoms with Gasteiger partial charge in [0.15, 0.2) is 11.5 Å². The minimum absolute atomic E-state index is 0.229. The van der Waals surface area contributed by atoms with E-state index in [0.29, 0.717) is 29.9 Å². The molecule has 0 aliphatic rings. The molecule has 0 amide bonds. The van der Waals surface area contributed by atoms with Crippen LogP contribution in [0.3, 0.4) is 0 Å². The number of hydrogen-bond donors (Lipinski definition) is 3. The van der Waals surface area contributed by atoms with Gasteiger partial charge in [-0.1, -0.05) is 133 Å². The zero-order valence-electron chi connectivity index (χ0n) is 36.6. The van der Waals surface area contributed by atoms with Crippen LogP contribution >= 0.6 is 0 Å². The number of benzene rings is 1. The summed E-state index contributed by atoms with van der Waals surface area (Å²) in [4.78, 5) is 46.4. The summed E-state index contributed by atoms with van der Waals surface area (Å²) < 4.78 is 15.9. The second-order valence-electron chi connectivity index (χ2n) is 14.6. The maximum atomic E-state index is 12.4. The van der Waals surface area contributed by atoms with Crippen LogP contribution in [0.2, 0.25) is 0 Å². The maximum Gasteiger partial charge on any atom is 0.338 e. The summed E-state index contributed by atoms with van der Waals surface area (Å²) in [7, 11) is 1.50. The van der Waals surface area contributed by atoms with Crippen molar-refractivity contribution in [1.29, 1.82) is 0 Å². The molecule has 0 aromatic heterocycles. The fraction of sp³-hybridized carbons (Fsp3) is 0.592. The zero-order valence-corrected chi connectivity index (χ0v) is 36.6. The van der Waals surface area contributed by atoms with Crippen LogP contribution in [0.15, 0.2) is 72.9 Å². The van der Waals surface area contributed by atoms with E-state index < -0.39 is 30.6 Å². The Morgan fingerprint density at radius 2 is 1.08 bits per heavy atom. The number of carboxylic acids is 1. The van der Waals surface area contributed by atoms with Gasteiger partial charge in [0.1, 0.15) is 6.04 Å². The van der Waals surface area contributed by atoms with E-state index in [0.717, 1.165) is 77.0 Å². The first kappa shape index (κ1) is 54.7. The first-order valence-electron chi connectivity index (χ1n) is 22.2. The third kappa shape index (κ3) is 35.4. The van der Waals surface area contributed by atoms with Crippen LogP contribution in [-0.2, 0) is 23.9 Å². The minimum atomic E-state index is -1.18. The molecule has 1 rings (SSSR count). The minimum Gasteiger partial charge on any atom is -0.493 e. The number of aliphatic hydroxyl groups is 1. The number of aliphatic carboxylic acids is 1. The average Bonchev–Trinajstić information content (AvgIpc) is 3.23. The molecule has 0 fully saturated rings. The van der Waals surface area contributed by atoms with E-state index in [2.05, 4.69) is 62.5 Å². The summed E-state index contributed by atoms with van der Waals surface area (Å²) in [6.07, 6.45) is 46.0. The summed E-state index contributed by atoms with van der Waals surface area (Å²) in [5.74, 6) is -1.96. The highest BCUT2D eigenvalue weighted by Gasteiger charge is 2.12. The van der Waals surface area contributed by atoms with Crippen molar-refractivity contribution in [1.82, 2.24) is 0 Å². The number of carboxylic acid groups (broad SMARTS) is 1. The SMILES string of the molecule is CCCCC/C=C\C/C=C\CCCCCCCC(=O)OC(=O)C=Cc1ccc(OC(=O)CCCCCCC/C=C\C/C=C\CCCCC)c(OC)c1.N[C@@H](CO)C(=O)O. The number of carbonyl (C=O) groups excluding carboxylic acids is 3. The number of allylic oxidation sites excluding steroid dienone is 8. The lowest BCUT2D eigenvalue weighted by molar-refractivity contribution is -0.156. The fourth-order valence-corrected chi connectivity index (χ4v) is 5.65. The van der Waals surface area contributed by atoms with E-state index in [9.17, 15) is 19.2 Å². The summed E-state index contributed by atoms with van der Waals surface area (Å²) in [5, 5.41) is 15.9. The molecule has 10 heteroatoms. The van der Waals surface area contributed by atoms with Crippen LogP contribution in [0.1, 0.15) is 174 Å². The smallest absolute Gasteiger partial charge is 0.338 e. The molecule has 0 aliphatic carbocycles. The number of unbranched alkanes of at least 4 members (excludes halogenated alkanes) is 16. The quantitative estimate of drug-likeness (QED) is 0.0152. The first-order valence-corrected chi connectivity index (χ1v) is 22.2. The molecule has 0 radical (unpaired) electrons. The van der Waals surface area contributed by atoms with Gasteiger partial charge in [0.05, 0.1) is 13.7 Å². The number of aliphatic hydroxyl groups excluding tert-OH is 1. The molecule has 0 saturated heterocycles. The monoisotopic (exact) mass is 824 g/mol. The Hall–Kier alpha value is -4.28. The van der Waals surface area contributed by atoms with E-state index in [4.69, 9.17) is 30.2 Å². The zero-order chi connectivity index (χ0) is 43.6. The maximum absolute atomic E-state index is 12.4. The second-order valence-corrected chi connectivity index (χ2v) is 14.6. The Balaban J connectivity index is 0.00000438. The molecule has 0 unspecified atom stereocenters. The predicted molar refractivity (Wildman–Crippen MR) is 240 cm³/mol. The summed E-state index contributed by atoms with van der Waals surface area (Å²) in [6.45, 7) is 3.96. The molecule has 1 aromatic carbocycles.